The number of phenolic OH excluding ortho intramolecular Hbond substituents is 1. The number of furan rings is 1. The zero-order valence-electron chi connectivity index (χ0n) is 17.3. The molecule has 0 saturated heterocycles. The molecule has 1 aromatic carbocycles. The summed E-state index contributed by atoms with van der Waals surface area (Å²) in [5.41, 5.74) is 1.39. The molecule has 1 amide bonds. The lowest BCUT2D eigenvalue weighted by Crippen LogP contribution is -2.23. The number of fused-ring (bicyclic) bond motifs is 1. The van der Waals surface area contributed by atoms with Gasteiger partial charge in [-0.05, 0) is 43.4 Å². The van der Waals surface area contributed by atoms with Crippen LogP contribution in [0.25, 0.3) is 0 Å². The summed E-state index contributed by atoms with van der Waals surface area (Å²) >= 11 is 1.43. The summed E-state index contributed by atoms with van der Waals surface area (Å²) in [6.45, 7) is 0.252. The van der Waals surface area contributed by atoms with Gasteiger partial charge >= 0.3 is 0 Å². The average molecular weight is 455 g/mol. The number of nitro benzene ring substituents is 1. The molecule has 32 heavy (non-hydrogen) atoms. The highest BCUT2D eigenvalue weighted by Crippen LogP contribution is 2.40. The number of benzene rings is 1. The molecular weight excluding hydrogens is 434 g/mol. The number of aliphatic imine (C=N–C) groups is 1. The first kappa shape index (κ1) is 21.6. The van der Waals surface area contributed by atoms with E-state index in [4.69, 9.17) is 9.15 Å². The van der Waals surface area contributed by atoms with E-state index in [1.165, 1.54) is 30.7 Å². The third-order valence-corrected chi connectivity index (χ3v) is 6.42. The molecule has 9 nitrogen and oxygen atoms in total. The molecule has 0 radical (unpaired) electrons. The second-order valence-electron chi connectivity index (χ2n) is 7.25. The van der Waals surface area contributed by atoms with Crippen LogP contribution in [0.15, 0.2) is 39.9 Å². The molecule has 2 aromatic heterocycles. The van der Waals surface area contributed by atoms with E-state index in [9.17, 15) is 20.0 Å². The van der Waals surface area contributed by atoms with Crippen LogP contribution in [0.1, 0.15) is 45.0 Å². The van der Waals surface area contributed by atoms with Crippen molar-refractivity contribution >= 4 is 34.1 Å². The average Bonchev–Trinajstić information content (AvgIpc) is 3.44. The monoisotopic (exact) mass is 455 g/mol. The summed E-state index contributed by atoms with van der Waals surface area (Å²) < 4.78 is 10.3. The van der Waals surface area contributed by atoms with E-state index in [-0.39, 0.29) is 35.2 Å². The Labute approximate surface area is 187 Å². The number of carbonyl (C=O) groups is 1. The normalized spacial score (nSPS) is 13.2. The first-order valence-corrected chi connectivity index (χ1v) is 10.8. The predicted molar refractivity (Wildman–Crippen MR) is 119 cm³/mol. The van der Waals surface area contributed by atoms with E-state index in [0.717, 1.165) is 42.2 Å². The fourth-order valence-corrected chi connectivity index (χ4v) is 4.88. The van der Waals surface area contributed by atoms with Crippen molar-refractivity contribution in [3.8, 4) is 11.5 Å². The van der Waals surface area contributed by atoms with Gasteiger partial charge in [0.2, 0.25) is 0 Å². The number of thiophene rings is 1. The van der Waals surface area contributed by atoms with Crippen LogP contribution < -0.4 is 10.1 Å². The molecule has 3 aromatic rings. The van der Waals surface area contributed by atoms with Crippen molar-refractivity contribution in [3.63, 3.8) is 0 Å². The van der Waals surface area contributed by atoms with E-state index in [1.807, 2.05) is 0 Å². The third-order valence-electron chi connectivity index (χ3n) is 5.22. The lowest BCUT2D eigenvalue weighted by Gasteiger charge is -2.12. The van der Waals surface area contributed by atoms with Gasteiger partial charge < -0.3 is 19.6 Å². The number of nitrogens with zero attached hydrogens (tertiary/aromatic N) is 2. The van der Waals surface area contributed by atoms with Crippen LogP contribution in [0.5, 0.6) is 11.5 Å². The first-order valence-electron chi connectivity index (χ1n) is 10.0. The van der Waals surface area contributed by atoms with Crippen molar-refractivity contribution in [2.75, 3.05) is 7.11 Å². The molecule has 0 unspecified atom stereocenters. The lowest BCUT2D eigenvalue weighted by atomic mass is 9.95. The number of ether oxygens (including phenoxy) is 1. The minimum atomic E-state index is -0.573. The Hall–Kier alpha value is -3.66. The Morgan fingerprint density at radius 1 is 1.41 bits per heavy atom. The van der Waals surface area contributed by atoms with Gasteiger partial charge in [0.1, 0.15) is 10.8 Å². The van der Waals surface area contributed by atoms with E-state index >= 15 is 0 Å². The molecule has 4 rings (SSSR count). The Bertz CT molecular complexity index is 1180. The summed E-state index contributed by atoms with van der Waals surface area (Å²) in [5, 5.41) is 25.0. The zero-order valence-corrected chi connectivity index (χ0v) is 18.1. The molecule has 0 spiro atoms. The van der Waals surface area contributed by atoms with Crippen LogP contribution >= 0.6 is 11.3 Å². The third kappa shape index (κ3) is 4.35. The highest BCUT2D eigenvalue weighted by molar-refractivity contribution is 7.16. The highest BCUT2D eigenvalue weighted by Gasteiger charge is 2.25. The maximum Gasteiger partial charge on any atom is 0.274 e. The topological polar surface area (TPSA) is 127 Å². The van der Waals surface area contributed by atoms with Crippen LogP contribution in [0, 0.1) is 10.1 Å². The number of aryl methyl sites for hydroxylation is 1. The number of carbonyl (C=O) groups excluding carboxylic acids is 1. The first-order chi connectivity index (χ1) is 15.5. The summed E-state index contributed by atoms with van der Waals surface area (Å²) in [6.07, 6.45) is 6.58. The van der Waals surface area contributed by atoms with Crippen molar-refractivity contribution < 1.29 is 24.0 Å². The van der Waals surface area contributed by atoms with Gasteiger partial charge in [0.25, 0.3) is 11.6 Å². The fourth-order valence-electron chi connectivity index (χ4n) is 3.65. The van der Waals surface area contributed by atoms with Crippen LogP contribution in [0.2, 0.25) is 0 Å². The van der Waals surface area contributed by atoms with Gasteiger partial charge in [0.05, 0.1) is 36.5 Å². The molecule has 1 aliphatic carbocycles. The molecule has 2 heterocycles. The van der Waals surface area contributed by atoms with Crippen molar-refractivity contribution in [1.82, 2.24) is 5.32 Å². The van der Waals surface area contributed by atoms with E-state index in [1.54, 1.807) is 18.4 Å². The van der Waals surface area contributed by atoms with Crippen LogP contribution in [0.3, 0.4) is 0 Å². The number of aromatic hydroxyl groups is 1. The van der Waals surface area contributed by atoms with Gasteiger partial charge in [-0.15, -0.1) is 11.3 Å². The Balaban J connectivity index is 1.69. The van der Waals surface area contributed by atoms with Crippen molar-refractivity contribution in [2.24, 2.45) is 4.99 Å². The smallest absolute Gasteiger partial charge is 0.274 e. The fraction of sp³-hybridized carbons (Fsp3) is 0.273. The number of nitrogens with one attached hydrogen (secondary N) is 1. The number of non-ortho nitro benzene ring substituents is 1. The minimum Gasteiger partial charge on any atom is -0.504 e. The standard InChI is InChI=1S/C22H21N3O6S/c1-30-17-10-14(25(28)29)9-13(20(17)26)11-24-22-19(16-6-2-3-7-18(16)32-22)21(27)23-12-15-5-4-8-31-15/h4-5,8-11,26H,2-3,6-7,12H2,1H3,(H,23,27). The van der Waals surface area contributed by atoms with Gasteiger partial charge in [0.15, 0.2) is 11.5 Å². The number of hydrogen-bond donors (Lipinski definition) is 2. The number of hydrogen-bond acceptors (Lipinski definition) is 8. The number of phenols is 1. The Kier molecular flexibility index (Phi) is 6.22. The molecule has 0 bridgehead atoms. The largest absolute Gasteiger partial charge is 0.504 e. The van der Waals surface area contributed by atoms with Gasteiger partial charge in [-0.2, -0.15) is 0 Å². The second kappa shape index (κ2) is 9.23. The van der Waals surface area contributed by atoms with Crippen molar-refractivity contribution in [1.29, 1.82) is 0 Å². The molecule has 0 fully saturated rings. The number of rotatable bonds is 7. The highest BCUT2D eigenvalue weighted by atomic mass is 32.1. The molecular formula is C22H21N3O6S. The second-order valence-corrected chi connectivity index (χ2v) is 8.34. The van der Waals surface area contributed by atoms with Gasteiger partial charge in [-0.3, -0.25) is 14.9 Å². The SMILES string of the molecule is COc1cc([N+](=O)[O-])cc(C=Nc2sc3c(c2C(=O)NCc2ccco2)CCCC3)c1O. The molecule has 2 N–H and O–H groups in total. The molecule has 166 valence electrons. The quantitative estimate of drug-likeness (QED) is 0.306. The predicted octanol–water partition coefficient (Wildman–Crippen LogP) is 4.52. The molecule has 0 saturated carbocycles. The molecule has 1 aliphatic rings. The maximum atomic E-state index is 13.0. The number of methoxy groups -OCH3 is 1. The van der Waals surface area contributed by atoms with Gasteiger partial charge in [-0.25, -0.2) is 4.99 Å². The van der Waals surface area contributed by atoms with E-state index in [2.05, 4.69) is 10.3 Å². The Morgan fingerprint density at radius 2 is 2.22 bits per heavy atom. The Morgan fingerprint density at radius 3 is 2.94 bits per heavy atom. The summed E-state index contributed by atoms with van der Waals surface area (Å²) in [4.78, 5) is 29.3. The lowest BCUT2D eigenvalue weighted by molar-refractivity contribution is -0.385. The van der Waals surface area contributed by atoms with Crippen LogP contribution in [-0.2, 0) is 19.4 Å². The van der Waals surface area contributed by atoms with Crippen molar-refractivity contribution in [2.45, 2.75) is 32.2 Å². The maximum absolute atomic E-state index is 13.0. The molecule has 0 atom stereocenters. The van der Waals surface area contributed by atoms with E-state index in [0.29, 0.717) is 16.3 Å². The minimum absolute atomic E-state index is 0.0254. The molecule has 0 aliphatic heterocycles. The number of nitro groups is 1. The van der Waals surface area contributed by atoms with Crippen LogP contribution in [0.4, 0.5) is 10.7 Å². The summed E-state index contributed by atoms with van der Waals surface area (Å²) in [7, 11) is 1.31. The van der Waals surface area contributed by atoms with Crippen molar-refractivity contribution in [3.05, 3.63) is 68.0 Å². The van der Waals surface area contributed by atoms with E-state index < -0.39 is 4.92 Å². The van der Waals surface area contributed by atoms with Gasteiger partial charge in [-0.1, -0.05) is 0 Å². The van der Waals surface area contributed by atoms with Gasteiger partial charge in [0, 0.05) is 22.7 Å². The van der Waals surface area contributed by atoms with Crippen LogP contribution in [-0.4, -0.2) is 29.3 Å². The molecule has 10 heteroatoms. The number of amides is 1. The zero-order chi connectivity index (χ0) is 22.7. The summed E-state index contributed by atoms with van der Waals surface area (Å²) in [5.74, 6) is 0.101. The summed E-state index contributed by atoms with van der Waals surface area (Å²) in [6, 6.07) is 5.89.